The van der Waals surface area contributed by atoms with E-state index < -0.39 is 16.4 Å². The summed E-state index contributed by atoms with van der Waals surface area (Å²) >= 11 is 0. The van der Waals surface area contributed by atoms with Crippen LogP contribution in [0.2, 0.25) is 0 Å². The van der Waals surface area contributed by atoms with E-state index in [1.54, 1.807) is 0 Å². The first-order chi connectivity index (χ1) is 21.2. The number of hydrogen-bond donors (Lipinski definition) is 0. The maximum Gasteiger partial charge on any atom is 0.311 e. The van der Waals surface area contributed by atoms with Gasteiger partial charge in [-0.1, -0.05) is 111 Å². The Morgan fingerprint density at radius 2 is 1.32 bits per heavy atom. The molecular weight excluding hydrogens is 544 g/mol. The van der Waals surface area contributed by atoms with Gasteiger partial charge in [-0.05, 0) is 85.8 Å². The molecule has 0 saturated heterocycles. The number of ether oxygens (including phenoxy) is 2. The summed E-state index contributed by atoms with van der Waals surface area (Å²) in [5.41, 5.74) is 1.55. The predicted octanol–water partition coefficient (Wildman–Crippen LogP) is 8.77. The summed E-state index contributed by atoms with van der Waals surface area (Å²) in [6.07, 6.45) is 7.35. The fraction of sp³-hybridized carbons (Fsp3) is 0.500. The topological polar surface area (TPSA) is 52.6 Å². The lowest BCUT2D eigenvalue weighted by molar-refractivity contribution is -0.180. The molecule has 44 heavy (non-hydrogen) atoms. The number of ketones is 1. The van der Waals surface area contributed by atoms with E-state index in [-0.39, 0.29) is 23.2 Å². The Morgan fingerprint density at radius 3 is 1.84 bits per heavy atom. The van der Waals surface area contributed by atoms with Crippen LogP contribution in [0.3, 0.4) is 0 Å². The number of carbonyl (C=O) groups excluding carboxylic acids is 2. The van der Waals surface area contributed by atoms with Gasteiger partial charge in [0.25, 0.3) is 0 Å². The first-order valence-corrected chi connectivity index (χ1v) is 16.6. The minimum atomic E-state index is -0.785. The SMILES string of the molecule is COC(=O)[C@]1(C)CCC[C@@]2(C)C1CC[C@H]1C(=O)[C@@](C)(CCOC(c3ccccc3)(c3ccccc3)c3ccccc3)CC[C@@H]12. The van der Waals surface area contributed by atoms with Crippen LogP contribution in [0.4, 0.5) is 0 Å². The van der Waals surface area contributed by atoms with Crippen LogP contribution in [0.1, 0.15) is 88.8 Å². The van der Waals surface area contributed by atoms with Gasteiger partial charge in [-0.15, -0.1) is 0 Å². The second-order valence-electron chi connectivity index (χ2n) is 14.5. The van der Waals surface area contributed by atoms with Gasteiger partial charge in [0, 0.05) is 17.9 Å². The highest BCUT2D eigenvalue weighted by molar-refractivity contribution is 5.88. The lowest BCUT2D eigenvalue weighted by Crippen LogP contribution is -2.59. The van der Waals surface area contributed by atoms with E-state index in [1.807, 2.05) is 18.2 Å². The van der Waals surface area contributed by atoms with Crippen molar-refractivity contribution >= 4 is 11.8 Å². The minimum absolute atomic E-state index is 0.0132. The molecule has 3 aliphatic carbocycles. The molecule has 1 unspecified atom stereocenters. The fourth-order valence-electron chi connectivity index (χ4n) is 9.83. The summed E-state index contributed by atoms with van der Waals surface area (Å²) in [5.74, 6) is 0.976. The summed E-state index contributed by atoms with van der Waals surface area (Å²) in [4.78, 5) is 27.5. The first kappa shape index (κ1) is 30.8. The number of fused-ring (bicyclic) bond motifs is 3. The smallest absolute Gasteiger partial charge is 0.311 e. The van der Waals surface area contributed by atoms with Crippen molar-refractivity contribution in [2.75, 3.05) is 13.7 Å². The molecule has 3 fully saturated rings. The van der Waals surface area contributed by atoms with Crippen molar-refractivity contribution in [1.29, 1.82) is 0 Å². The molecule has 0 amide bonds. The van der Waals surface area contributed by atoms with Gasteiger partial charge in [-0.25, -0.2) is 0 Å². The molecule has 0 heterocycles. The highest BCUT2D eigenvalue weighted by Gasteiger charge is 2.62. The van der Waals surface area contributed by atoms with E-state index in [4.69, 9.17) is 9.47 Å². The monoisotopic (exact) mass is 592 g/mol. The average molecular weight is 593 g/mol. The number of carbonyl (C=O) groups is 2. The van der Waals surface area contributed by atoms with Crippen LogP contribution < -0.4 is 0 Å². The van der Waals surface area contributed by atoms with E-state index in [1.165, 1.54) is 7.11 Å². The van der Waals surface area contributed by atoms with Crippen molar-refractivity contribution in [1.82, 2.24) is 0 Å². The van der Waals surface area contributed by atoms with E-state index in [2.05, 4.69) is 93.6 Å². The van der Waals surface area contributed by atoms with E-state index in [0.29, 0.717) is 24.7 Å². The molecule has 6 atom stereocenters. The van der Waals surface area contributed by atoms with Gasteiger partial charge in [0.15, 0.2) is 0 Å². The lowest BCUT2D eigenvalue weighted by Gasteiger charge is -2.61. The zero-order valence-electron chi connectivity index (χ0n) is 26.9. The molecule has 0 aromatic heterocycles. The Balaban J connectivity index is 1.26. The van der Waals surface area contributed by atoms with Gasteiger partial charge in [0.1, 0.15) is 11.4 Å². The average Bonchev–Trinajstić information content (AvgIpc) is 3.06. The van der Waals surface area contributed by atoms with Crippen LogP contribution >= 0.6 is 0 Å². The molecule has 3 aromatic carbocycles. The number of hydrogen-bond acceptors (Lipinski definition) is 4. The van der Waals surface area contributed by atoms with Crippen molar-refractivity contribution < 1.29 is 19.1 Å². The molecule has 3 saturated carbocycles. The second kappa shape index (κ2) is 11.9. The van der Waals surface area contributed by atoms with Crippen molar-refractivity contribution in [3.05, 3.63) is 108 Å². The second-order valence-corrected chi connectivity index (χ2v) is 14.5. The largest absolute Gasteiger partial charge is 0.469 e. The third-order valence-corrected chi connectivity index (χ3v) is 12.2. The highest BCUT2D eigenvalue weighted by atomic mass is 16.5. The third-order valence-electron chi connectivity index (χ3n) is 12.2. The highest BCUT2D eigenvalue weighted by Crippen LogP contribution is 2.65. The summed E-state index contributed by atoms with van der Waals surface area (Å²) < 4.78 is 12.4. The summed E-state index contributed by atoms with van der Waals surface area (Å²) in [6, 6.07) is 31.4. The zero-order chi connectivity index (χ0) is 31.0. The molecule has 232 valence electrons. The van der Waals surface area contributed by atoms with Crippen molar-refractivity contribution in [2.24, 2.45) is 34.0 Å². The van der Waals surface area contributed by atoms with Crippen molar-refractivity contribution in [2.45, 2.75) is 77.7 Å². The Bertz CT molecular complexity index is 1360. The van der Waals surface area contributed by atoms with Gasteiger partial charge >= 0.3 is 5.97 Å². The van der Waals surface area contributed by atoms with Gasteiger partial charge in [-0.3, -0.25) is 9.59 Å². The Morgan fingerprint density at radius 1 is 0.773 bits per heavy atom. The van der Waals surface area contributed by atoms with Crippen LogP contribution in [-0.2, 0) is 24.7 Å². The van der Waals surface area contributed by atoms with Crippen molar-refractivity contribution in [3.8, 4) is 0 Å². The van der Waals surface area contributed by atoms with Gasteiger partial charge in [0.05, 0.1) is 12.5 Å². The quantitative estimate of drug-likeness (QED) is 0.194. The number of methoxy groups -OCH3 is 1. The summed E-state index contributed by atoms with van der Waals surface area (Å²) in [5, 5.41) is 0. The third kappa shape index (κ3) is 4.94. The molecular formula is C40H48O4. The van der Waals surface area contributed by atoms with Crippen LogP contribution in [0.15, 0.2) is 91.0 Å². The molecule has 3 aliphatic rings. The fourth-order valence-corrected chi connectivity index (χ4v) is 9.83. The minimum Gasteiger partial charge on any atom is -0.469 e. The van der Waals surface area contributed by atoms with Crippen LogP contribution in [0.25, 0.3) is 0 Å². The number of Topliss-reactive ketones (excluding diaryl/α,β-unsaturated/α-hetero) is 1. The predicted molar refractivity (Wildman–Crippen MR) is 174 cm³/mol. The number of rotatable bonds is 8. The molecule has 0 aliphatic heterocycles. The molecule has 0 radical (unpaired) electrons. The van der Waals surface area contributed by atoms with Crippen LogP contribution in [0.5, 0.6) is 0 Å². The molecule has 0 N–H and O–H groups in total. The number of benzene rings is 3. The standard InChI is InChI=1S/C40H48O4/c1-37(26-23-33-32(35(37)41)21-22-34-38(33,2)24-14-25-39(34,3)36(42)43-4)27-28-44-40(29-15-8-5-9-16-29,30-17-10-6-11-18-30)31-19-12-7-13-20-31/h5-13,15-20,32-34H,14,21-28H2,1-4H3/t32-,33+,34?,37-,38-,39-/m1/s1. The Kier molecular flexibility index (Phi) is 8.34. The van der Waals surface area contributed by atoms with Crippen LogP contribution in [0, 0.1) is 34.0 Å². The van der Waals surface area contributed by atoms with E-state index in [9.17, 15) is 9.59 Å². The van der Waals surface area contributed by atoms with Gasteiger partial charge in [-0.2, -0.15) is 0 Å². The molecule has 4 nitrogen and oxygen atoms in total. The normalized spacial score (nSPS) is 31.9. The van der Waals surface area contributed by atoms with E-state index >= 15 is 0 Å². The number of esters is 1. The van der Waals surface area contributed by atoms with E-state index in [0.717, 1.165) is 61.6 Å². The lowest BCUT2D eigenvalue weighted by atomic mass is 9.42. The van der Waals surface area contributed by atoms with Crippen LogP contribution in [-0.4, -0.2) is 25.5 Å². The summed E-state index contributed by atoms with van der Waals surface area (Å²) in [7, 11) is 1.52. The Hall–Kier alpha value is -3.24. The molecule has 0 spiro atoms. The van der Waals surface area contributed by atoms with Crippen molar-refractivity contribution in [3.63, 3.8) is 0 Å². The molecule has 6 rings (SSSR count). The maximum atomic E-state index is 14.5. The molecule has 0 bridgehead atoms. The summed E-state index contributed by atoms with van der Waals surface area (Å²) in [6.45, 7) is 7.14. The zero-order valence-corrected chi connectivity index (χ0v) is 26.9. The van der Waals surface area contributed by atoms with Gasteiger partial charge < -0.3 is 9.47 Å². The van der Waals surface area contributed by atoms with Gasteiger partial charge in [0.2, 0.25) is 0 Å². The first-order valence-electron chi connectivity index (χ1n) is 16.6. The molecule has 3 aromatic rings. The maximum absolute atomic E-state index is 14.5. The Labute approximate surface area is 263 Å². The molecule has 4 heteroatoms.